The van der Waals surface area contributed by atoms with Gasteiger partial charge in [0.15, 0.2) is 1.41 Å². The maximum absolute atomic E-state index is 12.7. The molecule has 0 aromatic heterocycles. The zero-order valence-electron chi connectivity index (χ0n) is 14.3. The molecule has 1 saturated heterocycles. The summed E-state index contributed by atoms with van der Waals surface area (Å²) in [6.45, 7) is 0. The predicted octanol–water partition coefficient (Wildman–Crippen LogP) is 3.13. The fraction of sp³-hybridized carbons (Fsp3) is 0.533. The Balaban J connectivity index is 2.01. The van der Waals surface area contributed by atoms with Gasteiger partial charge in [-0.3, -0.25) is 10.1 Å². The quantitative estimate of drug-likeness (QED) is 0.837. The molecule has 21 heavy (non-hydrogen) atoms. The van der Waals surface area contributed by atoms with Crippen molar-refractivity contribution in [3.8, 4) is 0 Å². The molecule has 1 saturated carbocycles. The lowest BCUT2D eigenvalue weighted by Gasteiger charge is -2.33. The first-order chi connectivity index (χ1) is 11.1. The average molecular weight is 301 g/mol. The van der Waals surface area contributed by atoms with Gasteiger partial charge in [0.2, 0.25) is 5.91 Å². The van der Waals surface area contributed by atoms with E-state index in [1.165, 1.54) is 0 Å². The van der Waals surface area contributed by atoms with Gasteiger partial charge in [-0.25, -0.2) is 0 Å². The van der Waals surface area contributed by atoms with Crippen molar-refractivity contribution >= 4 is 5.91 Å². The fourth-order valence-corrected chi connectivity index (χ4v) is 2.87. The summed E-state index contributed by atoms with van der Waals surface area (Å²) >= 11 is 0. The molecule has 1 unspecified atom stereocenters. The van der Waals surface area contributed by atoms with Crippen molar-refractivity contribution in [1.29, 1.82) is 0 Å². The molecule has 2 aliphatic rings. The summed E-state index contributed by atoms with van der Waals surface area (Å²) in [7, 11) is 0. The van der Waals surface area contributed by atoms with Crippen LogP contribution in [0.4, 0.5) is 13.2 Å². The summed E-state index contributed by atoms with van der Waals surface area (Å²) in [5.41, 5.74) is -2.10. The molecular weight excluding hydrogens is 281 g/mol. The van der Waals surface area contributed by atoms with Crippen molar-refractivity contribution < 1.29 is 22.2 Å². The van der Waals surface area contributed by atoms with Crippen LogP contribution in [0.3, 0.4) is 0 Å². The topological polar surface area (TPSA) is 41.1 Å². The molecule has 6 heteroatoms. The number of amides is 1. The standard InChI is InChI=1S/C15H17F3N2O/c16-15(17,18)11-6-4-10(5-7-11)12-13(21)20-14(19-12)8-2-1-3-9-14/h4-7,12,19H,1-3,8-9H2,(H,20,21)/i12D/hD2. The van der Waals surface area contributed by atoms with E-state index in [-0.39, 0.29) is 5.56 Å². The van der Waals surface area contributed by atoms with E-state index in [0.717, 1.165) is 48.8 Å². The van der Waals surface area contributed by atoms with Crippen LogP contribution < -0.4 is 10.6 Å². The maximum Gasteiger partial charge on any atom is 0.416 e. The third-order valence-corrected chi connectivity index (χ3v) is 3.97. The third-order valence-electron chi connectivity index (χ3n) is 3.97. The molecule has 1 spiro atoms. The summed E-state index contributed by atoms with van der Waals surface area (Å²) in [6, 6.07) is 1.49. The molecule has 1 aliphatic heterocycles. The zero-order chi connectivity index (χ0) is 17.8. The van der Waals surface area contributed by atoms with Crippen molar-refractivity contribution in [1.82, 2.24) is 10.6 Å². The minimum absolute atomic E-state index is 0.0322. The Morgan fingerprint density at radius 2 is 1.81 bits per heavy atom. The first kappa shape index (κ1) is 11.1. The maximum atomic E-state index is 12.7. The van der Waals surface area contributed by atoms with E-state index in [1.807, 2.05) is 0 Å². The van der Waals surface area contributed by atoms with Crippen LogP contribution in [0.15, 0.2) is 24.3 Å². The van der Waals surface area contributed by atoms with Crippen LogP contribution in [-0.2, 0) is 11.0 Å². The van der Waals surface area contributed by atoms with E-state index >= 15 is 0 Å². The molecule has 1 aliphatic carbocycles. The van der Waals surface area contributed by atoms with Gasteiger partial charge in [-0.2, -0.15) is 13.2 Å². The van der Waals surface area contributed by atoms with Gasteiger partial charge in [0.05, 0.1) is 12.6 Å². The summed E-state index contributed by atoms with van der Waals surface area (Å²) in [6.07, 6.45) is -1.29. The normalized spacial score (nSPS) is 32.0. The van der Waals surface area contributed by atoms with Crippen LogP contribution in [0.25, 0.3) is 0 Å². The van der Waals surface area contributed by atoms with Gasteiger partial charge in [-0.1, -0.05) is 18.6 Å². The third kappa shape index (κ3) is 2.77. The number of halogens is 3. The number of rotatable bonds is 1. The summed E-state index contributed by atoms with van der Waals surface area (Å²) in [5.74, 6) is -0.904. The minimum Gasteiger partial charge on any atom is -0.336 e. The van der Waals surface area contributed by atoms with Crippen molar-refractivity contribution in [3.05, 3.63) is 35.4 Å². The molecule has 0 bridgehead atoms. The molecule has 1 aromatic carbocycles. The molecule has 3 nitrogen and oxygen atoms in total. The number of benzene rings is 1. The highest BCUT2D eigenvalue weighted by molar-refractivity contribution is 5.86. The van der Waals surface area contributed by atoms with Gasteiger partial charge in [-0.15, -0.1) is 0 Å². The number of carbonyl (C=O) groups excluding carboxylic acids is 1. The average Bonchev–Trinajstić information content (AvgIpc) is 2.70. The number of hydrogen-bond acceptors (Lipinski definition) is 2. The van der Waals surface area contributed by atoms with Gasteiger partial charge in [0, 0.05) is 0 Å². The van der Waals surface area contributed by atoms with Gasteiger partial charge in [0.25, 0.3) is 0 Å². The monoisotopic (exact) mass is 301 g/mol. The summed E-state index contributed by atoms with van der Waals surface area (Å²) < 4.78 is 63.0. The van der Waals surface area contributed by atoms with Gasteiger partial charge < -0.3 is 5.31 Å². The molecule has 1 aromatic rings. The van der Waals surface area contributed by atoms with Crippen molar-refractivity contribution in [2.45, 2.75) is 50.0 Å². The second-order valence-electron chi connectivity index (χ2n) is 5.50. The van der Waals surface area contributed by atoms with Crippen molar-refractivity contribution in [3.63, 3.8) is 0 Å². The van der Waals surface area contributed by atoms with E-state index < -0.39 is 29.3 Å². The van der Waals surface area contributed by atoms with Crippen LogP contribution in [0, 0.1) is 0 Å². The van der Waals surface area contributed by atoms with E-state index in [2.05, 4.69) is 0 Å². The second-order valence-corrected chi connectivity index (χ2v) is 5.50. The Bertz CT molecular complexity index is 646. The van der Waals surface area contributed by atoms with Gasteiger partial charge in [0.1, 0.15) is 7.43 Å². The fourth-order valence-electron chi connectivity index (χ4n) is 2.87. The number of nitrogens with one attached hydrogen (secondary N) is 2. The number of hydrogen-bond donors (Lipinski definition) is 2. The van der Waals surface area contributed by atoms with E-state index in [1.54, 1.807) is 0 Å². The lowest BCUT2D eigenvalue weighted by atomic mass is 9.89. The smallest absolute Gasteiger partial charge is 0.336 e. The van der Waals surface area contributed by atoms with Crippen LogP contribution in [0.5, 0.6) is 0 Å². The highest BCUT2D eigenvalue weighted by Gasteiger charge is 2.44. The SMILES string of the molecule is [2H]N1C(=O)C([2H])(c2ccc(C(F)(F)F)cc2)N([2H])C12CCCCC2. The van der Waals surface area contributed by atoms with E-state index in [0.29, 0.717) is 18.2 Å². The van der Waals surface area contributed by atoms with Gasteiger partial charge >= 0.3 is 6.18 Å². The van der Waals surface area contributed by atoms with E-state index in [4.69, 9.17) is 4.19 Å². The molecular formula is C15H17F3N2O. The molecule has 2 fully saturated rings. The van der Waals surface area contributed by atoms with E-state index in [9.17, 15) is 18.0 Å². The molecule has 114 valence electrons. The first-order valence-corrected chi connectivity index (χ1v) is 6.94. The lowest BCUT2D eigenvalue weighted by Crippen LogP contribution is -2.51. The predicted molar refractivity (Wildman–Crippen MR) is 71.3 cm³/mol. The van der Waals surface area contributed by atoms with Crippen molar-refractivity contribution in [2.75, 3.05) is 0 Å². The Morgan fingerprint density at radius 3 is 2.38 bits per heavy atom. The van der Waals surface area contributed by atoms with Crippen LogP contribution in [-0.4, -0.2) is 11.6 Å². The largest absolute Gasteiger partial charge is 0.416 e. The second kappa shape index (κ2) is 5.02. The highest BCUT2D eigenvalue weighted by atomic mass is 19.4. The number of carbonyl (C=O) groups is 1. The van der Waals surface area contributed by atoms with Crippen molar-refractivity contribution in [2.24, 2.45) is 0 Å². The Labute approximate surface area is 125 Å². The molecule has 2 N–H and O–H groups in total. The zero-order valence-corrected chi connectivity index (χ0v) is 11.3. The number of alkyl halides is 3. The van der Waals surface area contributed by atoms with Crippen LogP contribution in [0.2, 0.25) is 2.82 Å². The highest BCUT2D eigenvalue weighted by Crippen LogP contribution is 2.35. The van der Waals surface area contributed by atoms with Crippen LogP contribution in [0.1, 0.15) is 50.6 Å². The Kier molecular flexibility index (Phi) is 2.64. The molecule has 1 atom stereocenters. The Hall–Kier alpha value is -1.56. The first-order valence-electron chi connectivity index (χ1n) is 8.34. The molecule has 3 rings (SSSR count). The summed E-state index contributed by atoms with van der Waals surface area (Å²) in [4.78, 5) is 12.6. The molecule has 1 amide bonds. The molecule has 1 heterocycles. The lowest BCUT2D eigenvalue weighted by molar-refractivity contribution is -0.137. The minimum atomic E-state index is -4.51. The summed E-state index contributed by atoms with van der Waals surface area (Å²) in [5, 5.41) is 1.49. The molecule has 0 radical (unpaired) electrons. The Morgan fingerprint density at radius 1 is 1.19 bits per heavy atom. The van der Waals surface area contributed by atoms with Gasteiger partial charge in [-0.05, 0) is 43.4 Å². The van der Waals surface area contributed by atoms with Crippen LogP contribution >= 0.6 is 0 Å².